The maximum atomic E-state index is 4.95. The van der Waals surface area contributed by atoms with Gasteiger partial charge < -0.3 is 0 Å². The molecule has 0 spiro atoms. The van der Waals surface area contributed by atoms with E-state index in [4.69, 9.17) is 4.98 Å². The second-order valence-electron chi connectivity index (χ2n) is 7.37. The van der Waals surface area contributed by atoms with Crippen molar-refractivity contribution in [3.05, 3.63) is 95.3 Å². The highest BCUT2D eigenvalue weighted by atomic mass is 15.1. The topological polar surface area (TPSA) is 20.5 Å². The van der Waals surface area contributed by atoms with Crippen LogP contribution in [0.5, 0.6) is 0 Å². The van der Waals surface area contributed by atoms with Gasteiger partial charge in [-0.2, -0.15) is 0 Å². The molecule has 0 saturated carbocycles. The molecule has 0 unspecified atom stereocenters. The predicted molar refractivity (Wildman–Crippen MR) is 112 cm³/mol. The van der Waals surface area contributed by atoms with Gasteiger partial charge in [0.1, 0.15) is 5.65 Å². The molecule has 0 saturated heterocycles. The van der Waals surface area contributed by atoms with Crippen molar-refractivity contribution in [2.75, 3.05) is 7.05 Å². The molecule has 0 fully saturated rings. The van der Waals surface area contributed by atoms with Crippen LogP contribution in [0.2, 0.25) is 0 Å². The molecule has 0 amide bonds. The summed E-state index contributed by atoms with van der Waals surface area (Å²) in [5.74, 6) is 0. The molecule has 2 aromatic heterocycles. The standard InChI is InChI=1S/C24H25N3/c1-18-13-19(2)15-21(14-18)24-22(25-23-11-7-8-12-27(23)24)17-26(3)16-20-9-5-4-6-10-20/h4-15H,16-17H2,1-3H3. The molecule has 0 atom stereocenters. The van der Waals surface area contributed by atoms with Gasteiger partial charge in [0.2, 0.25) is 0 Å². The first-order valence-electron chi connectivity index (χ1n) is 9.37. The van der Waals surface area contributed by atoms with Crippen LogP contribution in [0.15, 0.2) is 72.9 Å². The van der Waals surface area contributed by atoms with Crippen LogP contribution in [-0.4, -0.2) is 21.3 Å². The van der Waals surface area contributed by atoms with E-state index in [9.17, 15) is 0 Å². The first-order chi connectivity index (χ1) is 13.1. The molecule has 4 aromatic rings. The first-order valence-corrected chi connectivity index (χ1v) is 9.37. The summed E-state index contributed by atoms with van der Waals surface area (Å²) in [6, 6.07) is 23.5. The number of imidazole rings is 1. The number of aryl methyl sites for hydroxylation is 2. The largest absolute Gasteiger partial charge is 0.299 e. The molecule has 3 nitrogen and oxygen atoms in total. The maximum Gasteiger partial charge on any atom is 0.137 e. The number of hydrogen-bond donors (Lipinski definition) is 0. The Morgan fingerprint density at radius 1 is 0.852 bits per heavy atom. The molecule has 136 valence electrons. The highest BCUT2D eigenvalue weighted by molar-refractivity contribution is 5.68. The summed E-state index contributed by atoms with van der Waals surface area (Å²) >= 11 is 0. The summed E-state index contributed by atoms with van der Waals surface area (Å²) in [4.78, 5) is 7.27. The van der Waals surface area contributed by atoms with Gasteiger partial charge in [-0.3, -0.25) is 9.30 Å². The van der Waals surface area contributed by atoms with E-state index in [1.807, 2.05) is 6.07 Å². The zero-order valence-corrected chi connectivity index (χ0v) is 16.2. The lowest BCUT2D eigenvalue weighted by Gasteiger charge is -2.17. The normalized spacial score (nSPS) is 11.4. The quantitative estimate of drug-likeness (QED) is 0.487. The van der Waals surface area contributed by atoms with E-state index in [-0.39, 0.29) is 0 Å². The number of nitrogens with zero attached hydrogens (tertiary/aromatic N) is 3. The summed E-state index contributed by atoms with van der Waals surface area (Å²) in [6.07, 6.45) is 2.11. The van der Waals surface area contributed by atoms with Gasteiger partial charge in [0.05, 0.1) is 11.4 Å². The highest BCUT2D eigenvalue weighted by Gasteiger charge is 2.16. The summed E-state index contributed by atoms with van der Waals surface area (Å²) in [5.41, 5.74) is 8.40. The van der Waals surface area contributed by atoms with Crippen molar-refractivity contribution in [3.63, 3.8) is 0 Å². The van der Waals surface area contributed by atoms with Crippen LogP contribution in [0.25, 0.3) is 16.9 Å². The minimum atomic E-state index is 0.804. The molecule has 2 aromatic carbocycles. The van der Waals surface area contributed by atoms with Crippen LogP contribution < -0.4 is 0 Å². The molecule has 2 heterocycles. The van der Waals surface area contributed by atoms with Gasteiger partial charge in [0, 0.05) is 24.8 Å². The molecule has 0 N–H and O–H groups in total. The summed E-state index contributed by atoms with van der Waals surface area (Å²) in [6.45, 7) is 6.02. The zero-order valence-electron chi connectivity index (χ0n) is 16.2. The third kappa shape index (κ3) is 3.79. The highest BCUT2D eigenvalue weighted by Crippen LogP contribution is 2.28. The number of aromatic nitrogens is 2. The molecule has 27 heavy (non-hydrogen) atoms. The van der Waals surface area contributed by atoms with Gasteiger partial charge in [-0.05, 0) is 50.7 Å². The Morgan fingerprint density at radius 2 is 1.56 bits per heavy atom. The smallest absolute Gasteiger partial charge is 0.137 e. The minimum Gasteiger partial charge on any atom is -0.299 e. The van der Waals surface area contributed by atoms with Crippen molar-refractivity contribution in [2.45, 2.75) is 26.9 Å². The van der Waals surface area contributed by atoms with Gasteiger partial charge in [-0.25, -0.2) is 4.98 Å². The lowest BCUT2D eigenvalue weighted by molar-refractivity contribution is 0.316. The van der Waals surface area contributed by atoms with Crippen molar-refractivity contribution >= 4 is 5.65 Å². The van der Waals surface area contributed by atoms with Crippen molar-refractivity contribution < 1.29 is 0 Å². The molecular weight excluding hydrogens is 330 g/mol. The van der Waals surface area contributed by atoms with Gasteiger partial charge in [0.25, 0.3) is 0 Å². The molecule has 0 bridgehead atoms. The SMILES string of the molecule is Cc1cc(C)cc(-c2c(CN(C)Cc3ccccc3)nc3ccccn23)c1. The first kappa shape index (κ1) is 17.5. The summed E-state index contributed by atoms with van der Waals surface area (Å²) < 4.78 is 2.21. The van der Waals surface area contributed by atoms with Gasteiger partial charge >= 0.3 is 0 Å². The van der Waals surface area contributed by atoms with E-state index in [1.54, 1.807) is 0 Å². The van der Waals surface area contributed by atoms with Crippen molar-refractivity contribution in [2.24, 2.45) is 0 Å². The average Bonchev–Trinajstić information content (AvgIpc) is 2.99. The van der Waals surface area contributed by atoms with E-state index in [0.717, 1.165) is 24.4 Å². The summed E-state index contributed by atoms with van der Waals surface area (Å²) in [5, 5.41) is 0. The van der Waals surface area contributed by atoms with Crippen LogP contribution in [0, 0.1) is 13.8 Å². The Labute approximate surface area is 160 Å². The fourth-order valence-electron chi connectivity index (χ4n) is 3.78. The van der Waals surface area contributed by atoms with Crippen LogP contribution in [0.1, 0.15) is 22.4 Å². The number of fused-ring (bicyclic) bond motifs is 1. The Bertz CT molecular complexity index is 1040. The molecule has 0 aliphatic heterocycles. The Hall–Kier alpha value is -2.91. The number of pyridine rings is 1. The summed E-state index contributed by atoms with van der Waals surface area (Å²) in [7, 11) is 2.16. The number of rotatable bonds is 5. The number of benzene rings is 2. The maximum absolute atomic E-state index is 4.95. The molecule has 0 aliphatic carbocycles. The van der Waals surface area contributed by atoms with Gasteiger partial charge in [-0.15, -0.1) is 0 Å². The molecule has 3 heteroatoms. The minimum absolute atomic E-state index is 0.804. The third-order valence-corrected chi connectivity index (χ3v) is 4.81. The van der Waals surface area contributed by atoms with Crippen LogP contribution in [0.4, 0.5) is 0 Å². The molecular formula is C24H25N3. The van der Waals surface area contributed by atoms with E-state index < -0.39 is 0 Å². The fourth-order valence-corrected chi connectivity index (χ4v) is 3.78. The second kappa shape index (κ2) is 7.37. The lowest BCUT2D eigenvalue weighted by Crippen LogP contribution is -2.18. The Kier molecular flexibility index (Phi) is 4.78. The molecule has 0 aliphatic rings. The Morgan fingerprint density at radius 3 is 2.30 bits per heavy atom. The second-order valence-corrected chi connectivity index (χ2v) is 7.37. The Balaban J connectivity index is 1.74. The zero-order chi connectivity index (χ0) is 18.8. The third-order valence-electron chi connectivity index (χ3n) is 4.81. The van der Waals surface area contributed by atoms with Crippen LogP contribution in [0.3, 0.4) is 0 Å². The predicted octanol–water partition coefficient (Wildman–Crippen LogP) is 5.25. The van der Waals surface area contributed by atoms with Crippen LogP contribution in [-0.2, 0) is 13.1 Å². The van der Waals surface area contributed by atoms with Crippen molar-refractivity contribution in [1.82, 2.24) is 14.3 Å². The number of hydrogen-bond acceptors (Lipinski definition) is 2. The van der Waals surface area contributed by atoms with Gasteiger partial charge in [0.15, 0.2) is 0 Å². The lowest BCUT2D eigenvalue weighted by atomic mass is 10.0. The average molecular weight is 355 g/mol. The van der Waals surface area contributed by atoms with E-state index in [2.05, 4.69) is 97.1 Å². The fraction of sp³-hybridized carbons (Fsp3) is 0.208. The molecule has 4 rings (SSSR count). The monoisotopic (exact) mass is 355 g/mol. The van der Waals surface area contributed by atoms with Crippen molar-refractivity contribution in [1.29, 1.82) is 0 Å². The van der Waals surface area contributed by atoms with Gasteiger partial charge in [-0.1, -0.05) is 53.6 Å². The molecule has 0 radical (unpaired) electrons. The van der Waals surface area contributed by atoms with E-state index in [0.29, 0.717) is 0 Å². The van der Waals surface area contributed by atoms with Crippen molar-refractivity contribution in [3.8, 4) is 11.3 Å². The van der Waals surface area contributed by atoms with E-state index >= 15 is 0 Å². The van der Waals surface area contributed by atoms with E-state index in [1.165, 1.54) is 27.9 Å². The van der Waals surface area contributed by atoms with Crippen LogP contribution >= 0.6 is 0 Å².